The fourth-order valence-electron chi connectivity index (χ4n) is 0.969. The zero-order valence-electron chi connectivity index (χ0n) is 10.1. The van der Waals surface area contributed by atoms with E-state index in [0.717, 1.165) is 0 Å². The van der Waals surface area contributed by atoms with Crippen LogP contribution in [-0.4, -0.2) is 23.7 Å². The van der Waals surface area contributed by atoms with Crippen molar-refractivity contribution >= 4 is 11.6 Å². The molecular formula is C11H20FN3O. The lowest BCUT2D eigenvalue weighted by molar-refractivity contribution is -0.121. The van der Waals surface area contributed by atoms with Gasteiger partial charge in [0.1, 0.15) is 11.6 Å². The van der Waals surface area contributed by atoms with Gasteiger partial charge in [0.25, 0.3) is 0 Å². The van der Waals surface area contributed by atoms with Gasteiger partial charge in [0.15, 0.2) is 0 Å². The standard InChI is InChI=1S/C11H20FN3O/c1-8(16)11(3,14)6-4-5-10(12)7-15-9(2)13/h5H,4,6-7,14H2,1-3H3,(H2,13,15)/b10-5+/t11-/m0/s1. The first-order chi connectivity index (χ1) is 7.25. The fourth-order valence-corrected chi connectivity index (χ4v) is 0.969. The predicted octanol–water partition coefficient (Wildman–Crippen LogP) is 1.30. The van der Waals surface area contributed by atoms with E-state index in [-0.39, 0.29) is 18.2 Å². The third-order valence-corrected chi connectivity index (χ3v) is 2.31. The number of Topliss-reactive ketones (excluding diaryl/α,β-unsaturated/α-hetero) is 1. The lowest BCUT2D eigenvalue weighted by Crippen LogP contribution is -2.43. The van der Waals surface area contributed by atoms with Crippen molar-refractivity contribution in [3.8, 4) is 0 Å². The molecule has 0 spiro atoms. The number of hydrogen-bond donors (Lipinski definition) is 2. The minimum absolute atomic E-state index is 0.0519. The Morgan fingerprint density at radius 1 is 1.50 bits per heavy atom. The number of nitrogens with two attached hydrogens (primary N) is 2. The van der Waals surface area contributed by atoms with Crippen LogP contribution in [0.3, 0.4) is 0 Å². The van der Waals surface area contributed by atoms with Crippen LogP contribution in [0.2, 0.25) is 0 Å². The number of allylic oxidation sites excluding steroid dienone is 1. The molecule has 92 valence electrons. The highest BCUT2D eigenvalue weighted by Crippen LogP contribution is 2.12. The second-order valence-electron chi connectivity index (χ2n) is 4.12. The number of ketones is 1. The molecule has 5 heteroatoms. The van der Waals surface area contributed by atoms with Gasteiger partial charge in [-0.2, -0.15) is 0 Å². The van der Waals surface area contributed by atoms with Crippen molar-refractivity contribution in [1.82, 2.24) is 0 Å². The van der Waals surface area contributed by atoms with Gasteiger partial charge in [-0.25, -0.2) is 4.39 Å². The first-order valence-electron chi connectivity index (χ1n) is 5.16. The number of nitrogens with zero attached hydrogens (tertiary/aromatic N) is 1. The minimum atomic E-state index is -0.885. The molecule has 0 unspecified atom stereocenters. The number of aliphatic imine (C=N–C) groups is 1. The Labute approximate surface area is 95.6 Å². The number of halogens is 1. The number of amidine groups is 1. The van der Waals surface area contributed by atoms with Crippen molar-refractivity contribution in [2.75, 3.05) is 6.54 Å². The van der Waals surface area contributed by atoms with Gasteiger partial charge in [-0.05, 0) is 33.6 Å². The van der Waals surface area contributed by atoms with Crippen LogP contribution in [-0.2, 0) is 4.79 Å². The summed E-state index contributed by atoms with van der Waals surface area (Å²) < 4.78 is 13.1. The highest BCUT2D eigenvalue weighted by molar-refractivity contribution is 5.85. The Bertz CT molecular complexity index is 304. The maximum atomic E-state index is 13.1. The monoisotopic (exact) mass is 229 g/mol. The topological polar surface area (TPSA) is 81.5 Å². The SMILES string of the molecule is CC(=O)[C@@](C)(N)CC/C=C(/F)CN=C(C)N. The van der Waals surface area contributed by atoms with Crippen molar-refractivity contribution in [2.24, 2.45) is 16.5 Å². The molecule has 0 aliphatic rings. The normalized spacial score (nSPS) is 17.1. The molecule has 1 atom stereocenters. The van der Waals surface area contributed by atoms with Gasteiger partial charge in [-0.3, -0.25) is 9.79 Å². The Balaban J connectivity index is 4.10. The summed E-state index contributed by atoms with van der Waals surface area (Å²) in [5.74, 6) is -0.114. The highest BCUT2D eigenvalue weighted by Gasteiger charge is 2.22. The van der Waals surface area contributed by atoms with E-state index in [2.05, 4.69) is 4.99 Å². The van der Waals surface area contributed by atoms with Crippen molar-refractivity contribution in [3.05, 3.63) is 11.9 Å². The zero-order valence-corrected chi connectivity index (χ0v) is 10.1. The Hall–Kier alpha value is -1.23. The van der Waals surface area contributed by atoms with Crippen molar-refractivity contribution < 1.29 is 9.18 Å². The molecule has 0 aliphatic carbocycles. The van der Waals surface area contributed by atoms with Crippen LogP contribution >= 0.6 is 0 Å². The second kappa shape index (κ2) is 6.37. The molecule has 0 fully saturated rings. The summed E-state index contributed by atoms with van der Waals surface area (Å²) in [6.45, 7) is 4.62. The van der Waals surface area contributed by atoms with E-state index in [1.54, 1.807) is 13.8 Å². The Kier molecular flexibility index (Phi) is 5.88. The van der Waals surface area contributed by atoms with Crippen LogP contribution in [0.5, 0.6) is 0 Å². The number of rotatable bonds is 6. The third-order valence-electron chi connectivity index (χ3n) is 2.31. The molecule has 0 radical (unpaired) electrons. The van der Waals surface area contributed by atoms with Gasteiger partial charge in [0.2, 0.25) is 0 Å². The molecule has 0 saturated carbocycles. The molecule has 0 amide bonds. The summed E-state index contributed by atoms with van der Waals surface area (Å²) in [7, 11) is 0. The number of hydrogen-bond acceptors (Lipinski definition) is 3. The molecule has 0 bridgehead atoms. The fraction of sp³-hybridized carbons (Fsp3) is 0.636. The molecule has 0 aromatic heterocycles. The first kappa shape index (κ1) is 14.8. The van der Waals surface area contributed by atoms with Gasteiger partial charge in [0.05, 0.1) is 17.9 Å². The van der Waals surface area contributed by atoms with Crippen molar-refractivity contribution in [1.29, 1.82) is 0 Å². The van der Waals surface area contributed by atoms with Gasteiger partial charge >= 0.3 is 0 Å². The molecule has 16 heavy (non-hydrogen) atoms. The average molecular weight is 229 g/mol. The zero-order chi connectivity index (χ0) is 12.8. The minimum Gasteiger partial charge on any atom is -0.388 e. The van der Waals surface area contributed by atoms with Gasteiger partial charge in [-0.15, -0.1) is 0 Å². The van der Waals surface area contributed by atoms with Crippen LogP contribution in [0.4, 0.5) is 4.39 Å². The number of carbonyl (C=O) groups is 1. The Morgan fingerprint density at radius 3 is 2.50 bits per heavy atom. The lowest BCUT2D eigenvalue weighted by atomic mass is 9.93. The molecule has 0 aromatic rings. The molecule has 0 rings (SSSR count). The van der Waals surface area contributed by atoms with Crippen LogP contribution in [0.1, 0.15) is 33.6 Å². The summed E-state index contributed by atoms with van der Waals surface area (Å²) in [6.07, 6.45) is 2.22. The third kappa shape index (κ3) is 6.29. The molecule has 0 aliphatic heterocycles. The number of carbonyl (C=O) groups excluding carboxylic acids is 1. The van der Waals surface area contributed by atoms with E-state index < -0.39 is 5.54 Å². The summed E-state index contributed by atoms with van der Waals surface area (Å²) in [6, 6.07) is 0. The predicted molar refractivity (Wildman–Crippen MR) is 63.9 cm³/mol. The van der Waals surface area contributed by atoms with E-state index in [1.807, 2.05) is 0 Å². The maximum Gasteiger partial charge on any atom is 0.149 e. The quantitative estimate of drug-likeness (QED) is 0.532. The van der Waals surface area contributed by atoms with Crippen LogP contribution < -0.4 is 11.5 Å². The second-order valence-corrected chi connectivity index (χ2v) is 4.12. The lowest BCUT2D eigenvalue weighted by Gasteiger charge is -2.19. The summed E-state index contributed by atoms with van der Waals surface area (Å²) in [5.41, 5.74) is 10.1. The van der Waals surface area contributed by atoms with Gasteiger partial charge in [-0.1, -0.05) is 6.08 Å². The summed E-state index contributed by atoms with van der Waals surface area (Å²) in [4.78, 5) is 14.8. The largest absolute Gasteiger partial charge is 0.388 e. The maximum absolute atomic E-state index is 13.1. The average Bonchev–Trinajstić information content (AvgIpc) is 2.14. The van der Waals surface area contributed by atoms with Crippen LogP contribution in [0.25, 0.3) is 0 Å². The molecule has 0 aromatic carbocycles. The van der Waals surface area contributed by atoms with E-state index in [1.165, 1.54) is 13.0 Å². The van der Waals surface area contributed by atoms with E-state index >= 15 is 0 Å². The van der Waals surface area contributed by atoms with Crippen molar-refractivity contribution in [3.63, 3.8) is 0 Å². The van der Waals surface area contributed by atoms with Gasteiger partial charge < -0.3 is 11.5 Å². The molecule has 0 saturated heterocycles. The van der Waals surface area contributed by atoms with Crippen molar-refractivity contribution in [2.45, 2.75) is 39.2 Å². The molecular weight excluding hydrogens is 209 g/mol. The van der Waals surface area contributed by atoms with Gasteiger partial charge in [0, 0.05) is 0 Å². The molecule has 4 N–H and O–H groups in total. The molecule has 0 heterocycles. The van der Waals surface area contributed by atoms with E-state index in [0.29, 0.717) is 18.7 Å². The molecule has 4 nitrogen and oxygen atoms in total. The van der Waals surface area contributed by atoms with E-state index in [9.17, 15) is 9.18 Å². The highest BCUT2D eigenvalue weighted by atomic mass is 19.1. The summed E-state index contributed by atoms with van der Waals surface area (Å²) in [5, 5.41) is 0. The first-order valence-corrected chi connectivity index (χ1v) is 5.16. The Morgan fingerprint density at radius 2 is 2.06 bits per heavy atom. The summed E-state index contributed by atoms with van der Waals surface area (Å²) >= 11 is 0. The van der Waals surface area contributed by atoms with Crippen LogP contribution in [0.15, 0.2) is 16.9 Å². The van der Waals surface area contributed by atoms with Crippen LogP contribution in [0, 0.1) is 0 Å². The smallest absolute Gasteiger partial charge is 0.149 e. The van der Waals surface area contributed by atoms with E-state index in [4.69, 9.17) is 11.5 Å².